The molecule has 3 fully saturated rings. The van der Waals surface area contributed by atoms with E-state index in [4.69, 9.17) is 4.74 Å². The Hall–Kier alpha value is -2.28. The van der Waals surface area contributed by atoms with Gasteiger partial charge in [0.15, 0.2) is 0 Å². The Kier molecular flexibility index (Phi) is 3.82. The third kappa shape index (κ3) is 2.59. The van der Waals surface area contributed by atoms with Crippen LogP contribution in [0.5, 0.6) is 0 Å². The Bertz CT molecular complexity index is 793. The molecule has 4 aliphatic rings. The van der Waals surface area contributed by atoms with E-state index in [2.05, 4.69) is 4.98 Å². The van der Waals surface area contributed by atoms with Gasteiger partial charge in [0, 0.05) is 32.0 Å². The van der Waals surface area contributed by atoms with Crippen molar-refractivity contribution in [3.8, 4) is 0 Å². The fraction of sp³-hybridized carbons (Fsp3) is 0.550. The molecule has 5 rings (SSSR count). The summed E-state index contributed by atoms with van der Waals surface area (Å²) in [5, 5.41) is 0. The molecule has 3 saturated heterocycles. The monoisotopic (exact) mass is 371 g/mol. The summed E-state index contributed by atoms with van der Waals surface area (Å²) in [4.78, 5) is 33.9. The molecule has 27 heavy (non-hydrogen) atoms. The number of likely N-dealkylation sites (tertiary alicyclic amines) is 2. The van der Waals surface area contributed by atoms with Crippen LogP contribution in [0.4, 0.5) is 4.39 Å². The molecule has 7 heteroatoms. The number of hydrogen-bond acceptors (Lipinski definition) is 4. The zero-order valence-corrected chi connectivity index (χ0v) is 15.0. The molecule has 4 atom stereocenters. The Balaban J connectivity index is 1.38. The molecule has 1 aromatic heterocycles. The molecular weight excluding hydrogens is 349 g/mol. The van der Waals surface area contributed by atoms with Crippen molar-refractivity contribution < 1.29 is 18.7 Å². The van der Waals surface area contributed by atoms with Crippen LogP contribution in [0.1, 0.15) is 18.4 Å². The quantitative estimate of drug-likeness (QED) is 0.752. The zero-order valence-electron chi connectivity index (χ0n) is 15.0. The van der Waals surface area contributed by atoms with Crippen molar-refractivity contribution >= 4 is 11.8 Å². The maximum Gasteiger partial charge on any atom is 0.230 e. The Labute approximate surface area is 157 Å². The second-order valence-corrected chi connectivity index (χ2v) is 7.96. The van der Waals surface area contributed by atoms with E-state index in [-0.39, 0.29) is 17.9 Å². The van der Waals surface area contributed by atoms with Crippen LogP contribution in [0, 0.1) is 11.8 Å². The minimum absolute atomic E-state index is 0.0376. The van der Waals surface area contributed by atoms with Gasteiger partial charge < -0.3 is 14.5 Å². The van der Waals surface area contributed by atoms with E-state index < -0.39 is 23.6 Å². The normalized spacial score (nSPS) is 35.1. The van der Waals surface area contributed by atoms with E-state index in [0.29, 0.717) is 39.0 Å². The number of amides is 2. The molecule has 2 amide bonds. The highest BCUT2D eigenvalue weighted by Crippen LogP contribution is 2.52. The topological polar surface area (TPSA) is 62.7 Å². The van der Waals surface area contributed by atoms with Gasteiger partial charge in [-0.15, -0.1) is 0 Å². The lowest BCUT2D eigenvalue weighted by Gasteiger charge is -2.33. The molecule has 1 spiro atoms. The van der Waals surface area contributed by atoms with Gasteiger partial charge in [0.05, 0.1) is 24.5 Å². The lowest BCUT2D eigenvalue weighted by Crippen LogP contribution is -2.48. The Morgan fingerprint density at radius 3 is 2.93 bits per heavy atom. The number of ether oxygens (including phenoxy) is 1. The largest absolute Gasteiger partial charge is 0.360 e. The van der Waals surface area contributed by atoms with Crippen LogP contribution in [0.3, 0.4) is 0 Å². The summed E-state index contributed by atoms with van der Waals surface area (Å²) >= 11 is 0. The maximum atomic E-state index is 13.4. The first-order valence-corrected chi connectivity index (χ1v) is 9.55. The van der Waals surface area contributed by atoms with Crippen LogP contribution in [-0.4, -0.2) is 64.1 Å². The lowest BCUT2D eigenvalue weighted by atomic mass is 9.76. The van der Waals surface area contributed by atoms with Crippen LogP contribution < -0.4 is 0 Å². The van der Waals surface area contributed by atoms with Crippen molar-refractivity contribution in [2.24, 2.45) is 11.8 Å². The van der Waals surface area contributed by atoms with Gasteiger partial charge in [0.2, 0.25) is 11.8 Å². The number of nitrogens with zero attached hydrogens (tertiary/aromatic N) is 3. The van der Waals surface area contributed by atoms with Crippen molar-refractivity contribution in [1.82, 2.24) is 14.8 Å². The average Bonchev–Trinajstić information content (AvgIpc) is 3.31. The fourth-order valence-electron chi connectivity index (χ4n) is 4.99. The number of aromatic nitrogens is 1. The first-order valence-electron chi connectivity index (χ1n) is 9.55. The van der Waals surface area contributed by atoms with Crippen LogP contribution >= 0.6 is 0 Å². The molecule has 0 aromatic carbocycles. The van der Waals surface area contributed by atoms with Gasteiger partial charge in [-0.1, -0.05) is 18.2 Å². The van der Waals surface area contributed by atoms with Crippen LogP contribution in [-0.2, 0) is 20.9 Å². The van der Waals surface area contributed by atoms with Gasteiger partial charge in [0.25, 0.3) is 0 Å². The highest BCUT2D eigenvalue weighted by atomic mass is 19.1. The molecule has 5 heterocycles. The van der Waals surface area contributed by atoms with Crippen molar-refractivity contribution in [2.75, 3.05) is 19.6 Å². The SMILES string of the molecule is O=C([C@H]1[C@@H]2C=C[C@@]3(CN(Cc4cccnc4)C(=O)[C@H]13)O2)N1CCC(F)CC1. The second-order valence-electron chi connectivity index (χ2n) is 7.96. The van der Waals surface area contributed by atoms with E-state index >= 15 is 0 Å². The standard InChI is InChI=1S/C20H22FN3O3/c21-14-4-8-23(9-5-14)18(25)16-15-3-6-20(27-15)12-24(19(26)17(16)20)11-13-2-1-7-22-10-13/h1-3,6-7,10,14-17H,4-5,8-9,11-12H2/t15-,16-,17-,20-/m0/s1. The van der Waals surface area contributed by atoms with Gasteiger partial charge in [-0.05, 0) is 24.5 Å². The first kappa shape index (κ1) is 16.9. The lowest BCUT2D eigenvalue weighted by molar-refractivity contribution is -0.144. The number of rotatable bonds is 3. The number of halogens is 1. The number of fused-ring (bicyclic) bond motifs is 1. The number of carbonyl (C=O) groups is 2. The first-order chi connectivity index (χ1) is 13.1. The van der Waals surface area contributed by atoms with Gasteiger partial charge in [-0.25, -0.2) is 4.39 Å². The van der Waals surface area contributed by atoms with Gasteiger partial charge >= 0.3 is 0 Å². The summed E-state index contributed by atoms with van der Waals surface area (Å²) in [6, 6.07) is 3.78. The minimum Gasteiger partial charge on any atom is -0.360 e. The van der Waals surface area contributed by atoms with E-state index in [9.17, 15) is 14.0 Å². The molecule has 1 aromatic rings. The highest BCUT2D eigenvalue weighted by Gasteiger charge is 2.67. The summed E-state index contributed by atoms with van der Waals surface area (Å²) in [6.45, 7) is 1.75. The van der Waals surface area contributed by atoms with E-state index in [1.165, 1.54) is 0 Å². The smallest absolute Gasteiger partial charge is 0.230 e. The fourth-order valence-corrected chi connectivity index (χ4v) is 4.99. The third-order valence-corrected chi connectivity index (χ3v) is 6.30. The zero-order chi connectivity index (χ0) is 18.6. The summed E-state index contributed by atoms with van der Waals surface area (Å²) in [6.07, 6.45) is 6.88. The summed E-state index contributed by atoms with van der Waals surface area (Å²) in [5.74, 6) is -1.10. The number of alkyl halides is 1. The Morgan fingerprint density at radius 2 is 2.19 bits per heavy atom. The van der Waals surface area contributed by atoms with Crippen molar-refractivity contribution in [3.63, 3.8) is 0 Å². The van der Waals surface area contributed by atoms with Gasteiger partial charge in [-0.2, -0.15) is 0 Å². The minimum atomic E-state index is -0.834. The average molecular weight is 371 g/mol. The molecule has 0 radical (unpaired) electrons. The number of carbonyl (C=O) groups excluding carboxylic acids is 2. The third-order valence-electron chi connectivity index (χ3n) is 6.30. The summed E-state index contributed by atoms with van der Waals surface area (Å²) in [5.41, 5.74) is 0.247. The molecule has 0 saturated carbocycles. The molecular formula is C20H22FN3O3. The van der Waals surface area contributed by atoms with Crippen LogP contribution in [0.25, 0.3) is 0 Å². The molecule has 0 unspecified atom stereocenters. The summed E-state index contributed by atoms with van der Waals surface area (Å²) < 4.78 is 19.6. The van der Waals surface area contributed by atoms with Crippen LogP contribution in [0.15, 0.2) is 36.7 Å². The maximum absolute atomic E-state index is 13.4. The van der Waals surface area contributed by atoms with E-state index in [0.717, 1.165) is 5.56 Å². The van der Waals surface area contributed by atoms with Crippen molar-refractivity contribution in [2.45, 2.75) is 37.3 Å². The second kappa shape index (κ2) is 6.12. The van der Waals surface area contributed by atoms with Crippen molar-refractivity contribution in [1.29, 1.82) is 0 Å². The molecule has 0 N–H and O–H groups in total. The van der Waals surface area contributed by atoms with Gasteiger partial charge in [-0.3, -0.25) is 14.6 Å². The van der Waals surface area contributed by atoms with Crippen LogP contribution in [0.2, 0.25) is 0 Å². The summed E-state index contributed by atoms with van der Waals surface area (Å²) in [7, 11) is 0. The highest BCUT2D eigenvalue weighted by molar-refractivity contribution is 5.93. The predicted octanol–water partition coefficient (Wildman–Crippen LogP) is 1.32. The molecule has 6 nitrogen and oxygen atoms in total. The number of hydrogen-bond donors (Lipinski definition) is 0. The molecule has 2 bridgehead atoms. The molecule has 142 valence electrons. The molecule has 0 aliphatic carbocycles. The number of piperidine rings is 1. The Morgan fingerprint density at radius 1 is 1.37 bits per heavy atom. The van der Waals surface area contributed by atoms with E-state index in [1.54, 1.807) is 22.2 Å². The van der Waals surface area contributed by atoms with Gasteiger partial charge in [0.1, 0.15) is 11.8 Å². The number of pyridine rings is 1. The van der Waals surface area contributed by atoms with Crippen molar-refractivity contribution in [3.05, 3.63) is 42.2 Å². The predicted molar refractivity (Wildman–Crippen MR) is 94.1 cm³/mol. The van der Waals surface area contributed by atoms with E-state index in [1.807, 2.05) is 24.3 Å². The molecule has 4 aliphatic heterocycles.